The lowest BCUT2D eigenvalue weighted by Crippen LogP contribution is -2.33. The summed E-state index contributed by atoms with van der Waals surface area (Å²) in [5.74, 6) is 1.14. The van der Waals surface area contributed by atoms with E-state index in [1.54, 1.807) is 12.3 Å². The highest BCUT2D eigenvalue weighted by Crippen LogP contribution is 2.26. The standard InChI is InChI=1S/C17H23N3O2S/c1-5-7-10-20(6-2)17(21)14-12(3)18-15(19-16(14)23-4)13-9-8-11-22-13/h8-9,11H,5-7,10H2,1-4H3. The summed E-state index contributed by atoms with van der Waals surface area (Å²) in [4.78, 5) is 23.8. The van der Waals surface area contributed by atoms with Gasteiger partial charge in [-0.25, -0.2) is 9.97 Å². The van der Waals surface area contributed by atoms with Gasteiger partial charge >= 0.3 is 0 Å². The Kier molecular flexibility index (Phi) is 6.21. The fraction of sp³-hybridized carbons (Fsp3) is 0.471. The van der Waals surface area contributed by atoms with Crippen molar-refractivity contribution in [3.05, 3.63) is 29.7 Å². The summed E-state index contributed by atoms with van der Waals surface area (Å²) in [5.41, 5.74) is 1.29. The number of thioether (sulfide) groups is 1. The molecule has 2 aromatic rings. The maximum atomic E-state index is 12.9. The molecule has 1 amide bonds. The predicted molar refractivity (Wildman–Crippen MR) is 92.7 cm³/mol. The molecule has 0 saturated carbocycles. The van der Waals surface area contributed by atoms with Crippen LogP contribution in [-0.2, 0) is 0 Å². The van der Waals surface area contributed by atoms with E-state index < -0.39 is 0 Å². The molecule has 0 atom stereocenters. The summed E-state index contributed by atoms with van der Waals surface area (Å²) in [6, 6.07) is 3.62. The average Bonchev–Trinajstić information content (AvgIpc) is 3.09. The van der Waals surface area contributed by atoms with Gasteiger partial charge in [-0.3, -0.25) is 4.79 Å². The van der Waals surface area contributed by atoms with Gasteiger partial charge in [0.1, 0.15) is 5.03 Å². The highest BCUT2D eigenvalue weighted by Gasteiger charge is 2.23. The molecule has 2 aromatic heterocycles. The SMILES string of the molecule is CCCCN(CC)C(=O)c1c(C)nc(-c2ccco2)nc1SC. The smallest absolute Gasteiger partial charge is 0.258 e. The molecule has 23 heavy (non-hydrogen) atoms. The molecule has 2 heterocycles. The van der Waals surface area contributed by atoms with E-state index in [0.29, 0.717) is 34.4 Å². The summed E-state index contributed by atoms with van der Waals surface area (Å²) in [7, 11) is 0. The molecule has 0 aliphatic rings. The Morgan fingerprint density at radius 1 is 1.35 bits per heavy atom. The van der Waals surface area contributed by atoms with E-state index >= 15 is 0 Å². The molecular formula is C17H23N3O2S. The zero-order chi connectivity index (χ0) is 16.8. The molecule has 0 N–H and O–H groups in total. The largest absolute Gasteiger partial charge is 0.461 e. The minimum absolute atomic E-state index is 0.00814. The Morgan fingerprint density at radius 3 is 2.70 bits per heavy atom. The predicted octanol–water partition coefficient (Wildman–Crippen LogP) is 4.03. The van der Waals surface area contributed by atoms with Crippen molar-refractivity contribution in [2.75, 3.05) is 19.3 Å². The molecule has 0 fully saturated rings. The average molecular weight is 333 g/mol. The Morgan fingerprint density at radius 2 is 2.13 bits per heavy atom. The van der Waals surface area contributed by atoms with Crippen LogP contribution in [0.5, 0.6) is 0 Å². The molecule has 0 radical (unpaired) electrons. The monoisotopic (exact) mass is 333 g/mol. The summed E-state index contributed by atoms with van der Waals surface area (Å²) in [5, 5.41) is 0.698. The van der Waals surface area contributed by atoms with Crippen LogP contribution in [0, 0.1) is 6.92 Å². The fourth-order valence-corrected chi connectivity index (χ4v) is 2.98. The molecule has 124 valence electrons. The van der Waals surface area contributed by atoms with Crippen molar-refractivity contribution in [2.24, 2.45) is 0 Å². The molecule has 2 rings (SSSR count). The third-order valence-corrected chi connectivity index (χ3v) is 4.34. The Hall–Kier alpha value is -1.82. The summed E-state index contributed by atoms with van der Waals surface area (Å²) < 4.78 is 5.37. The molecule has 0 bridgehead atoms. The van der Waals surface area contributed by atoms with Crippen molar-refractivity contribution in [2.45, 2.75) is 38.6 Å². The van der Waals surface area contributed by atoms with E-state index in [1.807, 2.05) is 31.1 Å². The first-order valence-electron chi connectivity index (χ1n) is 7.88. The van der Waals surface area contributed by atoms with Gasteiger partial charge in [0.25, 0.3) is 5.91 Å². The minimum atomic E-state index is 0.00814. The van der Waals surface area contributed by atoms with E-state index in [4.69, 9.17) is 4.42 Å². The zero-order valence-electron chi connectivity index (χ0n) is 14.1. The number of carbonyl (C=O) groups is 1. The number of hydrogen-bond donors (Lipinski definition) is 0. The second kappa shape index (κ2) is 8.15. The van der Waals surface area contributed by atoms with Crippen LogP contribution in [0.3, 0.4) is 0 Å². The highest BCUT2D eigenvalue weighted by atomic mass is 32.2. The highest BCUT2D eigenvalue weighted by molar-refractivity contribution is 7.98. The maximum Gasteiger partial charge on any atom is 0.258 e. The Balaban J connectivity index is 2.40. The second-order valence-electron chi connectivity index (χ2n) is 5.23. The topological polar surface area (TPSA) is 59.2 Å². The van der Waals surface area contributed by atoms with Gasteiger partial charge in [0.05, 0.1) is 17.5 Å². The van der Waals surface area contributed by atoms with Gasteiger partial charge in [0, 0.05) is 13.1 Å². The van der Waals surface area contributed by atoms with Crippen LogP contribution >= 0.6 is 11.8 Å². The van der Waals surface area contributed by atoms with E-state index in [9.17, 15) is 4.79 Å². The number of amides is 1. The number of hydrogen-bond acceptors (Lipinski definition) is 5. The zero-order valence-corrected chi connectivity index (χ0v) is 14.9. The maximum absolute atomic E-state index is 12.9. The number of furan rings is 1. The lowest BCUT2D eigenvalue weighted by molar-refractivity contribution is 0.0756. The summed E-state index contributed by atoms with van der Waals surface area (Å²) in [6.07, 6.45) is 5.58. The van der Waals surface area contributed by atoms with Crippen molar-refractivity contribution in [1.29, 1.82) is 0 Å². The molecule has 6 heteroatoms. The van der Waals surface area contributed by atoms with E-state index in [0.717, 1.165) is 19.4 Å². The lowest BCUT2D eigenvalue weighted by Gasteiger charge is -2.22. The Bertz CT molecular complexity index is 656. The normalized spacial score (nSPS) is 10.8. The van der Waals surface area contributed by atoms with Gasteiger partial charge in [0.2, 0.25) is 0 Å². The number of carbonyl (C=O) groups excluding carboxylic acids is 1. The van der Waals surface area contributed by atoms with Crippen LogP contribution in [-0.4, -0.2) is 40.1 Å². The molecule has 0 aliphatic heterocycles. The molecule has 0 aliphatic carbocycles. The van der Waals surface area contributed by atoms with Gasteiger partial charge < -0.3 is 9.32 Å². The van der Waals surface area contributed by atoms with E-state index in [2.05, 4.69) is 16.9 Å². The first kappa shape index (κ1) is 17.5. The number of unbranched alkanes of at least 4 members (excludes halogenated alkanes) is 1. The minimum Gasteiger partial charge on any atom is -0.461 e. The van der Waals surface area contributed by atoms with Crippen LogP contribution in [0.25, 0.3) is 11.6 Å². The molecule has 0 unspecified atom stereocenters. The first-order chi connectivity index (χ1) is 11.1. The quantitative estimate of drug-likeness (QED) is 0.565. The number of aromatic nitrogens is 2. The number of aryl methyl sites for hydroxylation is 1. The van der Waals surface area contributed by atoms with Gasteiger partial charge in [-0.15, -0.1) is 11.8 Å². The third-order valence-electron chi connectivity index (χ3n) is 3.66. The van der Waals surface area contributed by atoms with Gasteiger partial charge in [0.15, 0.2) is 11.6 Å². The Labute approximate surface area is 141 Å². The number of rotatable bonds is 7. The van der Waals surface area contributed by atoms with E-state index in [-0.39, 0.29) is 5.91 Å². The molecule has 0 spiro atoms. The van der Waals surface area contributed by atoms with Crippen LogP contribution in [0.1, 0.15) is 42.7 Å². The molecule has 5 nitrogen and oxygen atoms in total. The van der Waals surface area contributed by atoms with Crippen LogP contribution in [0.2, 0.25) is 0 Å². The molecule has 0 saturated heterocycles. The van der Waals surface area contributed by atoms with Gasteiger partial charge in [-0.1, -0.05) is 13.3 Å². The van der Waals surface area contributed by atoms with Crippen LogP contribution < -0.4 is 0 Å². The second-order valence-corrected chi connectivity index (χ2v) is 6.03. The van der Waals surface area contributed by atoms with Crippen molar-refractivity contribution in [3.8, 4) is 11.6 Å². The first-order valence-corrected chi connectivity index (χ1v) is 9.10. The summed E-state index contributed by atoms with van der Waals surface area (Å²) >= 11 is 1.46. The molecule has 0 aromatic carbocycles. The van der Waals surface area contributed by atoms with Crippen molar-refractivity contribution in [3.63, 3.8) is 0 Å². The van der Waals surface area contributed by atoms with Crippen LogP contribution in [0.15, 0.2) is 27.8 Å². The number of nitrogens with zero attached hydrogens (tertiary/aromatic N) is 3. The van der Waals surface area contributed by atoms with Gasteiger partial charge in [-0.05, 0) is 38.7 Å². The third kappa shape index (κ3) is 3.93. The molecular weight excluding hydrogens is 310 g/mol. The van der Waals surface area contributed by atoms with Crippen molar-refractivity contribution in [1.82, 2.24) is 14.9 Å². The van der Waals surface area contributed by atoms with Crippen molar-refractivity contribution < 1.29 is 9.21 Å². The van der Waals surface area contributed by atoms with Gasteiger partial charge in [-0.2, -0.15) is 0 Å². The lowest BCUT2D eigenvalue weighted by atomic mass is 10.2. The fourth-order valence-electron chi connectivity index (χ4n) is 2.37. The van der Waals surface area contributed by atoms with Crippen molar-refractivity contribution >= 4 is 17.7 Å². The summed E-state index contributed by atoms with van der Waals surface area (Å²) in [6.45, 7) is 7.43. The van der Waals surface area contributed by atoms with Crippen LogP contribution in [0.4, 0.5) is 0 Å². The van der Waals surface area contributed by atoms with E-state index in [1.165, 1.54) is 11.8 Å².